The third kappa shape index (κ3) is 9.07. The van der Waals surface area contributed by atoms with E-state index in [4.69, 9.17) is 19.2 Å². The molecule has 1 aliphatic carbocycles. The van der Waals surface area contributed by atoms with Crippen LogP contribution in [0.1, 0.15) is 60.8 Å². The molecule has 0 spiro atoms. The van der Waals surface area contributed by atoms with Crippen LogP contribution >= 0.6 is 11.3 Å². The van der Waals surface area contributed by atoms with Crippen LogP contribution in [0.2, 0.25) is 0 Å². The largest absolute Gasteiger partial charge is 0.497 e. The fourth-order valence-corrected chi connectivity index (χ4v) is 8.54. The minimum absolute atomic E-state index is 0.0205. The topological polar surface area (TPSA) is 182 Å². The number of hydrogen-bond acceptors (Lipinski definition) is 11. The standard InChI is InChI=1S/C40H47N5O9S2/c1-38(2,3)33(42-37(49)54-39(4,5)6)35(47)45-23-26(21-30(45)34(46)43-40(17-18-40)36(48)44-56(50,51)32-14-11-19-55-32)53-31-22-28(24-12-9-8-10-13-24)41-29-20-25(52-7)15-16-27(29)31/h8-16,19-20,22,26,30,33H,17-18,21,23H2,1-7H3,(H,42,49)(H,43,46)(H,44,48)/t26-,30+,33-/m1/s1. The first kappa shape index (κ1) is 40.4. The van der Waals surface area contributed by atoms with Crippen molar-refractivity contribution in [1.82, 2.24) is 25.2 Å². The van der Waals surface area contributed by atoms with Gasteiger partial charge in [-0.25, -0.2) is 22.9 Å². The van der Waals surface area contributed by atoms with E-state index in [0.717, 1.165) is 16.9 Å². The number of nitrogens with one attached hydrogen (secondary N) is 3. The Morgan fingerprint density at radius 3 is 2.29 bits per heavy atom. The number of amides is 4. The average Bonchev–Trinajstić information content (AvgIpc) is 3.48. The fourth-order valence-electron chi connectivity index (χ4n) is 6.49. The molecule has 298 valence electrons. The van der Waals surface area contributed by atoms with Gasteiger partial charge >= 0.3 is 6.09 Å². The first-order chi connectivity index (χ1) is 26.3. The van der Waals surface area contributed by atoms with Crippen molar-refractivity contribution in [2.24, 2.45) is 5.41 Å². The number of thiophene rings is 1. The maximum absolute atomic E-state index is 14.6. The summed E-state index contributed by atoms with van der Waals surface area (Å²) >= 11 is 0.958. The molecule has 56 heavy (non-hydrogen) atoms. The molecule has 2 aromatic heterocycles. The van der Waals surface area contributed by atoms with Crippen LogP contribution in [0.4, 0.5) is 4.79 Å². The molecule has 3 atom stereocenters. The predicted octanol–water partition coefficient (Wildman–Crippen LogP) is 5.41. The van der Waals surface area contributed by atoms with Crippen molar-refractivity contribution in [3.8, 4) is 22.8 Å². The Labute approximate surface area is 330 Å². The number of rotatable bonds is 11. The zero-order chi connectivity index (χ0) is 40.6. The number of aromatic nitrogens is 1. The Hall–Kier alpha value is -5.22. The lowest BCUT2D eigenvalue weighted by atomic mass is 9.85. The predicted molar refractivity (Wildman–Crippen MR) is 211 cm³/mol. The van der Waals surface area contributed by atoms with E-state index in [1.807, 2.05) is 42.5 Å². The lowest BCUT2D eigenvalue weighted by Gasteiger charge is -2.36. The van der Waals surface area contributed by atoms with Crippen LogP contribution in [0.3, 0.4) is 0 Å². The molecule has 4 aromatic rings. The van der Waals surface area contributed by atoms with Gasteiger partial charge in [-0.15, -0.1) is 11.3 Å². The summed E-state index contributed by atoms with van der Waals surface area (Å²) in [6, 6.07) is 17.4. The number of hydrogen-bond donors (Lipinski definition) is 3. The molecule has 4 amide bonds. The zero-order valence-electron chi connectivity index (χ0n) is 32.4. The highest BCUT2D eigenvalue weighted by atomic mass is 32.2. The normalized spacial score (nSPS) is 18.4. The number of nitrogens with zero attached hydrogens (tertiary/aromatic N) is 2. The van der Waals surface area contributed by atoms with Gasteiger partial charge in [0.15, 0.2) is 0 Å². The van der Waals surface area contributed by atoms with Crippen LogP contribution in [0.25, 0.3) is 22.2 Å². The summed E-state index contributed by atoms with van der Waals surface area (Å²) in [6.07, 6.45) is -1.11. The molecule has 0 radical (unpaired) electrons. The SMILES string of the molecule is COc1ccc2c(O[C@@H]3C[C@@H](C(=O)NC4(C(=O)NS(=O)(=O)c5cccs5)CC4)N(C(=O)[C@@H](NC(=O)OC(C)(C)C)C(C)(C)C)C3)cc(-c3ccccc3)nc2c1. The molecular formula is C40H47N5O9S2. The molecule has 2 aromatic carbocycles. The number of ether oxygens (including phenoxy) is 3. The lowest BCUT2D eigenvalue weighted by Crippen LogP contribution is -2.60. The Bertz CT molecular complexity index is 2230. The minimum Gasteiger partial charge on any atom is -0.497 e. The second-order valence-electron chi connectivity index (χ2n) is 16.1. The third-order valence-electron chi connectivity index (χ3n) is 9.50. The number of alkyl carbamates (subject to hydrolysis) is 1. The molecule has 0 unspecified atom stereocenters. The fraction of sp³-hybridized carbons (Fsp3) is 0.425. The van der Waals surface area contributed by atoms with Crippen molar-refractivity contribution >= 4 is 56.1 Å². The number of fused-ring (bicyclic) bond motifs is 1. The monoisotopic (exact) mass is 805 g/mol. The molecule has 0 bridgehead atoms. The van der Waals surface area contributed by atoms with Gasteiger partial charge in [-0.2, -0.15) is 0 Å². The Balaban J connectivity index is 1.32. The van der Waals surface area contributed by atoms with E-state index in [1.54, 1.807) is 72.2 Å². The summed E-state index contributed by atoms with van der Waals surface area (Å²) in [7, 11) is -2.60. The quantitative estimate of drug-likeness (QED) is 0.177. The molecule has 14 nitrogen and oxygen atoms in total. The number of benzene rings is 2. The number of carbonyl (C=O) groups excluding carboxylic acids is 4. The number of pyridine rings is 1. The van der Waals surface area contributed by atoms with Crippen LogP contribution in [0.15, 0.2) is 76.3 Å². The van der Waals surface area contributed by atoms with Crippen molar-refractivity contribution in [2.75, 3.05) is 13.7 Å². The first-order valence-corrected chi connectivity index (χ1v) is 20.6. The summed E-state index contributed by atoms with van der Waals surface area (Å²) in [5, 5.41) is 7.74. The molecule has 3 N–H and O–H groups in total. The summed E-state index contributed by atoms with van der Waals surface area (Å²) in [6.45, 7) is 10.4. The molecule has 6 rings (SSSR count). The van der Waals surface area contributed by atoms with Crippen molar-refractivity contribution in [3.05, 3.63) is 72.1 Å². The maximum atomic E-state index is 14.6. The number of sulfonamides is 1. The smallest absolute Gasteiger partial charge is 0.408 e. The Morgan fingerprint density at radius 1 is 0.964 bits per heavy atom. The number of likely N-dealkylation sites (tertiary alicyclic amines) is 1. The lowest BCUT2D eigenvalue weighted by molar-refractivity contribution is -0.143. The summed E-state index contributed by atoms with van der Waals surface area (Å²) in [5.41, 5.74) is -1.07. The number of methoxy groups -OCH3 is 1. The van der Waals surface area contributed by atoms with Gasteiger partial charge < -0.3 is 29.7 Å². The molecule has 2 aliphatic rings. The van der Waals surface area contributed by atoms with Gasteiger partial charge in [-0.3, -0.25) is 14.4 Å². The summed E-state index contributed by atoms with van der Waals surface area (Å²) in [5.74, 6) is -1.02. The van der Waals surface area contributed by atoms with Gasteiger partial charge in [0.2, 0.25) is 11.8 Å². The number of carbonyl (C=O) groups is 4. The van der Waals surface area contributed by atoms with Crippen LogP contribution in [-0.2, 0) is 29.1 Å². The highest BCUT2D eigenvalue weighted by molar-refractivity contribution is 7.92. The van der Waals surface area contributed by atoms with Crippen LogP contribution in [-0.4, -0.2) is 85.1 Å². The van der Waals surface area contributed by atoms with Gasteiger partial charge in [0.25, 0.3) is 15.9 Å². The van der Waals surface area contributed by atoms with Gasteiger partial charge in [0, 0.05) is 29.5 Å². The first-order valence-electron chi connectivity index (χ1n) is 18.2. The van der Waals surface area contributed by atoms with E-state index in [-0.39, 0.29) is 30.0 Å². The summed E-state index contributed by atoms with van der Waals surface area (Å²) < 4.78 is 45.5. The molecular weight excluding hydrogens is 759 g/mol. The molecule has 1 saturated carbocycles. The molecule has 1 aliphatic heterocycles. The van der Waals surface area contributed by atoms with E-state index in [0.29, 0.717) is 28.1 Å². The zero-order valence-corrected chi connectivity index (χ0v) is 34.0. The van der Waals surface area contributed by atoms with Gasteiger partial charge in [-0.05, 0) is 62.6 Å². The molecule has 3 heterocycles. The molecule has 2 fully saturated rings. The average molecular weight is 806 g/mol. The van der Waals surface area contributed by atoms with Crippen molar-refractivity contribution in [2.45, 2.75) is 94.3 Å². The van der Waals surface area contributed by atoms with E-state index in [9.17, 15) is 27.6 Å². The van der Waals surface area contributed by atoms with Crippen LogP contribution in [0, 0.1) is 5.41 Å². The second kappa shape index (κ2) is 15.4. The van der Waals surface area contributed by atoms with Gasteiger partial charge in [0.05, 0.1) is 24.9 Å². The maximum Gasteiger partial charge on any atom is 0.408 e. The highest BCUT2D eigenvalue weighted by Crippen LogP contribution is 2.39. The second-order valence-corrected chi connectivity index (χ2v) is 19.0. The Kier molecular flexibility index (Phi) is 11.1. The van der Waals surface area contributed by atoms with Gasteiger partial charge in [0.1, 0.15) is 45.0 Å². The van der Waals surface area contributed by atoms with Crippen molar-refractivity contribution in [1.29, 1.82) is 0 Å². The van der Waals surface area contributed by atoms with Crippen molar-refractivity contribution < 1.29 is 41.8 Å². The van der Waals surface area contributed by atoms with Gasteiger partial charge in [-0.1, -0.05) is 57.2 Å². The highest BCUT2D eigenvalue weighted by Gasteiger charge is 2.55. The van der Waals surface area contributed by atoms with E-state index >= 15 is 0 Å². The van der Waals surface area contributed by atoms with Crippen LogP contribution < -0.4 is 24.8 Å². The summed E-state index contributed by atoms with van der Waals surface area (Å²) in [4.78, 5) is 61.6. The third-order valence-corrected chi connectivity index (χ3v) is 12.2. The van der Waals surface area contributed by atoms with E-state index < -0.39 is 68.6 Å². The molecule has 16 heteroatoms. The van der Waals surface area contributed by atoms with E-state index in [2.05, 4.69) is 15.4 Å². The van der Waals surface area contributed by atoms with Crippen molar-refractivity contribution in [3.63, 3.8) is 0 Å². The van der Waals surface area contributed by atoms with Crippen LogP contribution in [0.5, 0.6) is 11.5 Å². The molecule has 1 saturated heterocycles. The minimum atomic E-state index is -4.16. The van der Waals surface area contributed by atoms with E-state index in [1.165, 1.54) is 11.0 Å². The Morgan fingerprint density at radius 2 is 1.68 bits per heavy atom.